The first kappa shape index (κ1) is 28.2. The van der Waals surface area contributed by atoms with Crippen LogP contribution < -0.4 is 14.4 Å². The molecule has 1 atom stereocenters. The van der Waals surface area contributed by atoms with Gasteiger partial charge in [-0.05, 0) is 68.1 Å². The van der Waals surface area contributed by atoms with Gasteiger partial charge in [0.2, 0.25) is 26.0 Å². The van der Waals surface area contributed by atoms with Crippen LogP contribution in [0.5, 0.6) is 5.75 Å². The van der Waals surface area contributed by atoms with Crippen molar-refractivity contribution in [3.63, 3.8) is 0 Å². The van der Waals surface area contributed by atoms with Gasteiger partial charge in [0.1, 0.15) is 18.4 Å². The predicted molar refractivity (Wildman–Crippen MR) is 141 cm³/mol. The molecule has 12 heteroatoms. The Bertz CT molecular complexity index is 1280. The zero-order valence-corrected chi connectivity index (χ0v) is 23.0. The Labute approximate surface area is 218 Å². The van der Waals surface area contributed by atoms with E-state index < -0.39 is 32.0 Å². The molecule has 0 aromatic heterocycles. The summed E-state index contributed by atoms with van der Waals surface area (Å²) in [6.07, 6.45) is 3.04. The molecule has 1 saturated heterocycles. The zero-order chi connectivity index (χ0) is 26.5. The summed E-state index contributed by atoms with van der Waals surface area (Å²) >= 11 is 6.09. The van der Waals surface area contributed by atoms with Crippen molar-refractivity contribution in [2.75, 3.05) is 36.8 Å². The minimum atomic E-state index is -3.78. The van der Waals surface area contributed by atoms with Crippen molar-refractivity contribution >= 4 is 43.2 Å². The fourth-order valence-electron chi connectivity index (χ4n) is 4.10. The maximum Gasteiger partial charge on any atom is 0.244 e. The van der Waals surface area contributed by atoms with Crippen LogP contribution in [0.2, 0.25) is 5.02 Å². The number of halogens is 1. The topological polar surface area (TPSA) is 113 Å². The number of rotatable bonds is 11. The molecule has 2 aromatic carbocycles. The lowest BCUT2D eigenvalue weighted by Gasteiger charge is -2.31. The van der Waals surface area contributed by atoms with Gasteiger partial charge >= 0.3 is 0 Å². The molecule has 0 bridgehead atoms. The number of nitrogens with one attached hydrogen (secondary N) is 1. The number of carbonyl (C=O) groups excluding carboxylic acids is 1. The van der Waals surface area contributed by atoms with Crippen LogP contribution in [0, 0.1) is 6.92 Å². The highest BCUT2D eigenvalue weighted by atomic mass is 35.5. The van der Waals surface area contributed by atoms with Gasteiger partial charge in [0.15, 0.2) is 0 Å². The second-order valence-corrected chi connectivity index (χ2v) is 12.9. The van der Waals surface area contributed by atoms with Crippen molar-refractivity contribution in [2.45, 2.75) is 44.0 Å². The molecule has 0 spiro atoms. The van der Waals surface area contributed by atoms with Crippen LogP contribution in [0.3, 0.4) is 0 Å². The number of amides is 1. The van der Waals surface area contributed by atoms with Crippen molar-refractivity contribution < 1.29 is 26.4 Å². The van der Waals surface area contributed by atoms with E-state index in [1.807, 2.05) is 0 Å². The van der Waals surface area contributed by atoms with Gasteiger partial charge in [-0.3, -0.25) is 9.10 Å². The standard InChI is InChI=1S/C24H32ClN3O6S2/c1-4-22(28(35(3,30)31)23-17-19(25)8-7-18(23)2)24(29)26-13-16-34-20-9-11-21(12-10-20)36(32,33)27-14-5-6-15-27/h7-12,17,22H,4-6,13-16H2,1-3H3,(H,26,29)/t22-/m0/s1. The van der Waals surface area contributed by atoms with Crippen LogP contribution in [-0.4, -0.2) is 65.6 Å². The first-order valence-corrected chi connectivity index (χ1v) is 15.4. The summed E-state index contributed by atoms with van der Waals surface area (Å²) in [7, 11) is -7.27. The number of hydrogen-bond donors (Lipinski definition) is 1. The van der Waals surface area contributed by atoms with Gasteiger partial charge in [0.05, 0.1) is 23.4 Å². The molecule has 1 N–H and O–H groups in total. The third-order valence-electron chi connectivity index (χ3n) is 5.93. The number of sulfonamides is 2. The Kier molecular flexibility index (Phi) is 9.26. The van der Waals surface area contributed by atoms with Crippen LogP contribution in [0.25, 0.3) is 0 Å². The Balaban J connectivity index is 1.60. The number of ether oxygens (including phenoxy) is 1. The van der Waals surface area contributed by atoms with Gasteiger partial charge in [0, 0.05) is 18.1 Å². The van der Waals surface area contributed by atoms with Gasteiger partial charge in [0.25, 0.3) is 0 Å². The van der Waals surface area contributed by atoms with Crippen molar-refractivity contribution in [1.82, 2.24) is 9.62 Å². The van der Waals surface area contributed by atoms with Crippen molar-refractivity contribution in [3.8, 4) is 5.75 Å². The summed E-state index contributed by atoms with van der Waals surface area (Å²) in [4.78, 5) is 13.2. The quantitative estimate of drug-likeness (QED) is 0.425. The lowest BCUT2D eigenvalue weighted by molar-refractivity contribution is -0.122. The van der Waals surface area contributed by atoms with Crippen molar-refractivity contribution in [1.29, 1.82) is 0 Å². The molecule has 0 aliphatic carbocycles. The molecule has 1 aliphatic rings. The monoisotopic (exact) mass is 557 g/mol. The molecule has 0 unspecified atom stereocenters. The second kappa shape index (κ2) is 11.8. The molecule has 2 aromatic rings. The molecule has 1 amide bonds. The summed E-state index contributed by atoms with van der Waals surface area (Å²) in [5, 5.41) is 3.10. The molecule has 0 saturated carbocycles. The molecule has 1 fully saturated rings. The summed E-state index contributed by atoms with van der Waals surface area (Å²) in [6, 6.07) is 10.1. The van der Waals surface area contributed by atoms with Gasteiger partial charge in [-0.15, -0.1) is 0 Å². The van der Waals surface area contributed by atoms with E-state index in [2.05, 4.69) is 5.32 Å². The molecule has 3 rings (SSSR count). The fraction of sp³-hybridized carbons (Fsp3) is 0.458. The highest BCUT2D eigenvalue weighted by Crippen LogP contribution is 2.29. The van der Waals surface area contributed by atoms with E-state index in [-0.39, 0.29) is 24.5 Å². The molecule has 198 valence electrons. The lowest BCUT2D eigenvalue weighted by atomic mass is 10.1. The van der Waals surface area contributed by atoms with Crippen LogP contribution >= 0.6 is 11.6 Å². The summed E-state index contributed by atoms with van der Waals surface area (Å²) in [6.45, 7) is 4.81. The van der Waals surface area contributed by atoms with Crippen LogP contribution in [-0.2, 0) is 24.8 Å². The van der Waals surface area contributed by atoms with Crippen LogP contribution in [0.1, 0.15) is 31.7 Å². The smallest absolute Gasteiger partial charge is 0.244 e. The molecular weight excluding hydrogens is 526 g/mol. The number of anilines is 1. The highest BCUT2D eigenvalue weighted by Gasteiger charge is 2.32. The molecular formula is C24H32ClN3O6S2. The van der Waals surface area contributed by atoms with Crippen molar-refractivity contribution in [2.24, 2.45) is 0 Å². The minimum absolute atomic E-state index is 0.120. The van der Waals surface area contributed by atoms with Crippen LogP contribution in [0.4, 0.5) is 5.69 Å². The van der Waals surface area contributed by atoms with E-state index in [1.54, 1.807) is 38.1 Å². The maximum absolute atomic E-state index is 12.9. The maximum atomic E-state index is 12.9. The normalized spacial score (nSPS) is 15.4. The number of hydrogen-bond acceptors (Lipinski definition) is 6. The van der Waals surface area contributed by atoms with Gasteiger partial charge < -0.3 is 10.1 Å². The lowest BCUT2D eigenvalue weighted by Crippen LogP contribution is -2.50. The second-order valence-electron chi connectivity index (χ2n) is 8.64. The predicted octanol–water partition coefficient (Wildman–Crippen LogP) is 3.17. The Morgan fingerprint density at radius 3 is 2.33 bits per heavy atom. The number of benzene rings is 2. The van der Waals surface area contributed by atoms with Gasteiger partial charge in [-0.1, -0.05) is 24.6 Å². The molecule has 1 heterocycles. The third-order valence-corrected chi connectivity index (χ3v) is 9.25. The average Bonchev–Trinajstić information content (AvgIpc) is 3.37. The Morgan fingerprint density at radius 1 is 1.11 bits per heavy atom. The van der Waals surface area contributed by atoms with E-state index in [9.17, 15) is 21.6 Å². The molecule has 0 radical (unpaired) electrons. The van der Waals surface area contributed by atoms with Crippen LogP contribution in [0.15, 0.2) is 47.4 Å². The fourth-order valence-corrected chi connectivity index (χ4v) is 7.05. The summed E-state index contributed by atoms with van der Waals surface area (Å²) < 4.78 is 58.7. The van der Waals surface area contributed by atoms with E-state index in [0.717, 1.165) is 23.4 Å². The Morgan fingerprint density at radius 2 is 1.75 bits per heavy atom. The number of nitrogens with zero attached hydrogens (tertiary/aromatic N) is 2. The van der Waals surface area contributed by atoms with E-state index in [4.69, 9.17) is 16.3 Å². The molecule has 36 heavy (non-hydrogen) atoms. The first-order valence-electron chi connectivity index (χ1n) is 11.7. The minimum Gasteiger partial charge on any atom is -0.492 e. The van der Waals surface area contributed by atoms with Crippen molar-refractivity contribution in [3.05, 3.63) is 53.1 Å². The molecule has 9 nitrogen and oxygen atoms in total. The number of carbonyl (C=O) groups is 1. The summed E-state index contributed by atoms with van der Waals surface area (Å²) in [5.41, 5.74) is 1.03. The average molecular weight is 558 g/mol. The number of aryl methyl sites for hydroxylation is 1. The largest absolute Gasteiger partial charge is 0.492 e. The highest BCUT2D eigenvalue weighted by molar-refractivity contribution is 7.92. The first-order chi connectivity index (χ1) is 16.9. The third kappa shape index (κ3) is 6.70. The Hall–Kier alpha value is -2.34. The zero-order valence-electron chi connectivity index (χ0n) is 20.6. The van der Waals surface area contributed by atoms with E-state index in [0.29, 0.717) is 35.1 Å². The van der Waals surface area contributed by atoms with Gasteiger partial charge in [-0.25, -0.2) is 16.8 Å². The molecule has 1 aliphatic heterocycles. The summed E-state index contributed by atoms with van der Waals surface area (Å²) in [5.74, 6) is 0.00179. The van der Waals surface area contributed by atoms with E-state index in [1.165, 1.54) is 22.5 Å². The van der Waals surface area contributed by atoms with Gasteiger partial charge in [-0.2, -0.15) is 4.31 Å². The SMILES string of the molecule is CC[C@@H](C(=O)NCCOc1ccc(S(=O)(=O)N2CCCC2)cc1)N(c1cc(Cl)ccc1C)S(C)(=O)=O. The van der Waals surface area contributed by atoms with E-state index >= 15 is 0 Å².